The maximum atomic E-state index is 13.4. The number of hydrogen-bond acceptors (Lipinski definition) is 11. The third-order valence-electron chi connectivity index (χ3n) is 6.20. The Bertz CT molecular complexity index is 1180. The zero-order chi connectivity index (χ0) is 29.6. The minimum atomic E-state index is -1.43. The SMILES string of the molecule is CCCCN1C(=O)/C(=N\O[C@H]2O[C@@H](COC(C)=O)[C@@H](OC(C)=O)[C@@H](OC(C)=O)[C@@H]2NC(C)=O)c2cc(C)ccc21. The summed E-state index contributed by atoms with van der Waals surface area (Å²) in [5.41, 5.74) is 2.19. The van der Waals surface area contributed by atoms with Crippen LogP contribution in [-0.2, 0) is 47.8 Å². The molecule has 0 saturated carbocycles. The molecule has 1 saturated heterocycles. The van der Waals surface area contributed by atoms with E-state index in [0.717, 1.165) is 32.3 Å². The van der Waals surface area contributed by atoms with E-state index in [1.54, 1.807) is 4.90 Å². The largest absolute Gasteiger partial charge is 0.463 e. The Morgan fingerprint density at radius 3 is 2.30 bits per heavy atom. The molecule has 218 valence electrons. The zero-order valence-corrected chi connectivity index (χ0v) is 23.4. The number of hydrogen-bond donors (Lipinski definition) is 1. The van der Waals surface area contributed by atoms with Crippen LogP contribution in [-0.4, -0.2) is 79.2 Å². The van der Waals surface area contributed by atoms with Crippen LogP contribution in [0.4, 0.5) is 5.69 Å². The summed E-state index contributed by atoms with van der Waals surface area (Å²) in [6.45, 7) is 8.70. The van der Waals surface area contributed by atoms with Crippen LogP contribution in [0.5, 0.6) is 0 Å². The molecule has 1 N–H and O–H groups in total. The number of amides is 2. The summed E-state index contributed by atoms with van der Waals surface area (Å²) in [5, 5.41) is 6.75. The van der Waals surface area contributed by atoms with Gasteiger partial charge in [0.2, 0.25) is 5.91 Å². The zero-order valence-electron chi connectivity index (χ0n) is 23.4. The van der Waals surface area contributed by atoms with E-state index in [1.165, 1.54) is 13.8 Å². The molecule has 13 heteroatoms. The van der Waals surface area contributed by atoms with Gasteiger partial charge in [-0.25, -0.2) is 0 Å². The Morgan fingerprint density at radius 1 is 1.02 bits per heavy atom. The fourth-order valence-electron chi connectivity index (χ4n) is 4.54. The van der Waals surface area contributed by atoms with Crippen LogP contribution in [0.3, 0.4) is 0 Å². The molecule has 0 aliphatic carbocycles. The average Bonchev–Trinajstić information content (AvgIpc) is 3.11. The van der Waals surface area contributed by atoms with E-state index in [4.69, 9.17) is 23.8 Å². The minimum Gasteiger partial charge on any atom is -0.463 e. The van der Waals surface area contributed by atoms with Crippen LogP contribution in [0.2, 0.25) is 0 Å². The van der Waals surface area contributed by atoms with Gasteiger partial charge in [0, 0.05) is 39.8 Å². The Balaban J connectivity index is 2.02. The Labute approximate surface area is 232 Å². The topological polar surface area (TPSA) is 159 Å². The maximum absolute atomic E-state index is 13.4. The van der Waals surface area contributed by atoms with Crippen LogP contribution in [0.15, 0.2) is 23.4 Å². The van der Waals surface area contributed by atoms with Crippen molar-refractivity contribution in [2.45, 2.75) is 85.0 Å². The van der Waals surface area contributed by atoms with Gasteiger partial charge in [-0.1, -0.05) is 30.1 Å². The van der Waals surface area contributed by atoms with Crippen molar-refractivity contribution in [3.05, 3.63) is 29.3 Å². The number of esters is 3. The number of anilines is 1. The lowest BCUT2D eigenvalue weighted by atomic mass is 9.96. The summed E-state index contributed by atoms with van der Waals surface area (Å²) in [6.07, 6.45) is -3.51. The number of unbranched alkanes of at least 4 members (excludes halogenated alkanes) is 1. The molecule has 13 nitrogen and oxygen atoms in total. The first-order valence-electron chi connectivity index (χ1n) is 13.0. The van der Waals surface area contributed by atoms with E-state index in [1.807, 2.05) is 32.0 Å². The van der Waals surface area contributed by atoms with Crippen LogP contribution in [0.25, 0.3) is 0 Å². The fraction of sp³-hybridized carbons (Fsp3) is 0.556. The van der Waals surface area contributed by atoms with Gasteiger partial charge >= 0.3 is 17.9 Å². The molecule has 2 aliphatic rings. The third kappa shape index (κ3) is 7.34. The molecular formula is C27H35N3O10. The molecule has 2 heterocycles. The molecule has 3 rings (SSSR count). The Morgan fingerprint density at radius 2 is 1.70 bits per heavy atom. The van der Waals surface area contributed by atoms with Crippen molar-refractivity contribution < 1.29 is 47.8 Å². The number of rotatable bonds is 10. The highest BCUT2D eigenvalue weighted by Gasteiger charge is 2.52. The van der Waals surface area contributed by atoms with Gasteiger partial charge in [-0.3, -0.25) is 24.0 Å². The fourth-order valence-corrected chi connectivity index (χ4v) is 4.54. The normalized spacial score (nSPS) is 24.8. The molecule has 0 bridgehead atoms. The molecule has 1 aromatic carbocycles. The summed E-state index contributed by atoms with van der Waals surface area (Å²) >= 11 is 0. The molecule has 1 fully saturated rings. The highest BCUT2D eigenvalue weighted by atomic mass is 16.8. The molecule has 40 heavy (non-hydrogen) atoms. The first-order chi connectivity index (χ1) is 18.9. The Hall–Kier alpha value is -4.00. The van der Waals surface area contributed by atoms with E-state index in [0.29, 0.717) is 17.8 Å². The standard InChI is InChI=1S/C27H35N3O10/c1-7-8-11-30-20-10-9-14(2)12-19(20)22(26(30)35)29-40-27-23(28-15(3)31)25(38-18(6)34)24(37-17(5)33)21(39-27)13-36-16(4)32/h9-10,12,21,23-25,27H,7-8,11,13H2,1-6H3,(H,28,31)/b29-22-/t21-,23-,24+,25-,27+/m0/s1. The van der Waals surface area contributed by atoms with E-state index < -0.39 is 54.5 Å². The summed E-state index contributed by atoms with van der Waals surface area (Å²) in [5.74, 6) is -3.00. The van der Waals surface area contributed by atoms with E-state index >= 15 is 0 Å². The smallest absolute Gasteiger partial charge is 0.303 e. The van der Waals surface area contributed by atoms with Gasteiger partial charge in [-0.2, -0.15) is 0 Å². The van der Waals surface area contributed by atoms with Crippen molar-refractivity contribution in [3.8, 4) is 0 Å². The van der Waals surface area contributed by atoms with Gasteiger partial charge in [-0.15, -0.1) is 0 Å². The maximum Gasteiger partial charge on any atom is 0.303 e. The summed E-state index contributed by atoms with van der Waals surface area (Å²) in [7, 11) is 0. The van der Waals surface area contributed by atoms with Gasteiger partial charge in [0.1, 0.15) is 18.8 Å². The van der Waals surface area contributed by atoms with Crippen LogP contribution in [0, 0.1) is 6.92 Å². The highest BCUT2D eigenvalue weighted by Crippen LogP contribution is 2.32. The van der Waals surface area contributed by atoms with Gasteiger partial charge < -0.3 is 34.0 Å². The molecule has 2 aliphatic heterocycles. The lowest BCUT2D eigenvalue weighted by Crippen LogP contribution is -2.66. The molecular weight excluding hydrogens is 526 g/mol. The van der Waals surface area contributed by atoms with Gasteiger partial charge in [0.25, 0.3) is 12.2 Å². The van der Waals surface area contributed by atoms with Crippen LogP contribution >= 0.6 is 0 Å². The Kier molecular flexibility index (Phi) is 10.2. The number of oxime groups is 1. The molecule has 2 amide bonds. The van der Waals surface area contributed by atoms with Crippen LogP contribution in [0.1, 0.15) is 58.6 Å². The predicted molar refractivity (Wildman–Crippen MR) is 140 cm³/mol. The first-order valence-corrected chi connectivity index (χ1v) is 13.0. The summed E-state index contributed by atoms with van der Waals surface area (Å²) in [4.78, 5) is 68.3. The molecule has 0 unspecified atom stereocenters. The number of nitrogens with one attached hydrogen (secondary N) is 1. The molecule has 0 aromatic heterocycles. The molecule has 1 aromatic rings. The molecule has 0 radical (unpaired) electrons. The second kappa shape index (κ2) is 13.4. The van der Waals surface area contributed by atoms with Crippen molar-refractivity contribution in [3.63, 3.8) is 0 Å². The lowest BCUT2D eigenvalue weighted by molar-refractivity contribution is -0.278. The lowest BCUT2D eigenvalue weighted by Gasteiger charge is -2.43. The summed E-state index contributed by atoms with van der Waals surface area (Å²) < 4.78 is 21.9. The highest BCUT2D eigenvalue weighted by molar-refractivity contribution is 6.54. The minimum absolute atomic E-state index is 0.0302. The number of ether oxygens (including phenoxy) is 4. The second-order valence-corrected chi connectivity index (χ2v) is 9.60. The number of carbonyl (C=O) groups excluding carboxylic acids is 5. The number of carbonyl (C=O) groups is 5. The van der Waals surface area contributed by atoms with Gasteiger partial charge in [-0.05, 0) is 25.5 Å². The van der Waals surface area contributed by atoms with Crippen molar-refractivity contribution in [2.24, 2.45) is 5.16 Å². The second-order valence-electron chi connectivity index (χ2n) is 9.60. The monoisotopic (exact) mass is 561 g/mol. The van der Waals surface area contributed by atoms with E-state index in [9.17, 15) is 24.0 Å². The average molecular weight is 562 g/mol. The molecule has 0 spiro atoms. The first kappa shape index (κ1) is 30.5. The quantitative estimate of drug-likeness (QED) is 0.252. The number of benzene rings is 1. The van der Waals surface area contributed by atoms with Crippen molar-refractivity contribution in [1.82, 2.24) is 5.32 Å². The van der Waals surface area contributed by atoms with E-state index in [2.05, 4.69) is 10.5 Å². The van der Waals surface area contributed by atoms with Crippen molar-refractivity contribution >= 4 is 41.1 Å². The van der Waals surface area contributed by atoms with Gasteiger partial charge in [0.05, 0.1) is 5.69 Å². The molecule has 5 atom stereocenters. The van der Waals surface area contributed by atoms with Gasteiger partial charge in [0.15, 0.2) is 17.9 Å². The van der Waals surface area contributed by atoms with Crippen molar-refractivity contribution in [1.29, 1.82) is 0 Å². The van der Waals surface area contributed by atoms with E-state index in [-0.39, 0.29) is 18.2 Å². The number of fused-ring (bicyclic) bond motifs is 1. The summed E-state index contributed by atoms with van der Waals surface area (Å²) in [6, 6.07) is 4.34. The predicted octanol–water partition coefficient (Wildman–Crippen LogP) is 1.52. The van der Waals surface area contributed by atoms with Crippen LogP contribution < -0.4 is 10.2 Å². The van der Waals surface area contributed by atoms with Crippen molar-refractivity contribution in [2.75, 3.05) is 18.1 Å². The number of nitrogens with zero attached hydrogens (tertiary/aromatic N) is 2. The number of aryl methyl sites for hydroxylation is 1. The third-order valence-corrected chi connectivity index (χ3v) is 6.20.